The Morgan fingerprint density at radius 3 is 2.06 bits per heavy atom. The topological polar surface area (TPSA) is 12.5 Å². The summed E-state index contributed by atoms with van der Waals surface area (Å²) in [7, 11) is 1.78. The first-order valence-electron chi connectivity index (χ1n) is 7.24. The first-order chi connectivity index (χ1) is 8.40. The van der Waals surface area contributed by atoms with Crippen LogP contribution < -0.4 is 0 Å². The van der Waals surface area contributed by atoms with E-state index in [0.29, 0.717) is 17.4 Å². The number of methoxy groups -OCH3 is 1. The fraction of sp³-hybridized carbons (Fsp3) is 1.00. The quantitative estimate of drug-likeness (QED) is 0.644. The molecule has 0 aliphatic rings. The van der Waals surface area contributed by atoms with Crippen LogP contribution in [0.1, 0.15) is 47.5 Å². The van der Waals surface area contributed by atoms with Gasteiger partial charge in [-0.15, -0.1) is 0 Å². The van der Waals surface area contributed by atoms with E-state index < -0.39 is 0 Å². The summed E-state index contributed by atoms with van der Waals surface area (Å²) < 4.78 is 5.25. The highest BCUT2D eigenvalue weighted by atomic mass is 32.1. The van der Waals surface area contributed by atoms with Gasteiger partial charge < -0.3 is 4.74 Å². The van der Waals surface area contributed by atoms with Crippen LogP contribution in [0.4, 0.5) is 0 Å². The monoisotopic (exact) mass is 275 g/mol. The molecule has 0 aromatic carbocycles. The lowest BCUT2D eigenvalue weighted by Gasteiger charge is -2.38. The first-order valence-corrected chi connectivity index (χ1v) is 7.87. The second kappa shape index (κ2) is 9.22. The highest BCUT2D eigenvalue weighted by molar-refractivity contribution is 7.80. The Hall–Kier alpha value is 0.270. The van der Waals surface area contributed by atoms with Crippen molar-refractivity contribution in [2.24, 2.45) is 11.3 Å². The van der Waals surface area contributed by atoms with Crippen molar-refractivity contribution in [1.29, 1.82) is 0 Å². The highest BCUT2D eigenvalue weighted by Gasteiger charge is 2.27. The Morgan fingerprint density at radius 2 is 1.72 bits per heavy atom. The zero-order valence-electron chi connectivity index (χ0n) is 13.2. The van der Waals surface area contributed by atoms with E-state index in [1.165, 1.54) is 12.8 Å². The van der Waals surface area contributed by atoms with Gasteiger partial charge in [-0.05, 0) is 29.9 Å². The van der Waals surface area contributed by atoms with Crippen molar-refractivity contribution in [3.05, 3.63) is 0 Å². The molecule has 2 nitrogen and oxygen atoms in total. The summed E-state index contributed by atoms with van der Waals surface area (Å²) in [5.41, 5.74) is 0.319. The largest absolute Gasteiger partial charge is 0.383 e. The lowest BCUT2D eigenvalue weighted by atomic mass is 9.81. The van der Waals surface area contributed by atoms with E-state index in [4.69, 9.17) is 4.74 Å². The Kier molecular flexibility index (Phi) is 9.36. The number of ether oxygens (including phenoxy) is 1. The molecule has 0 spiro atoms. The van der Waals surface area contributed by atoms with Crippen molar-refractivity contribution >= 4 is 12.6 Å². The van der Waals surface area contributed by atoms with E-state index in [1.54, 1.807) is 7.11 Å². The van der Waals surface area contributed by atoms with Gasteiger partial charge >= 0.3 is 0 Å². The van der Waals surface area contributed by atoms with Crippen LogP contribution in [-0.4, -0.2) is 43.5 Å². The predicted octanol–water partition coefficient (Wildman–Crippen LogP) is 3.72. The van der Waals surface area contributed by atoms with Crippen LogP contribution in [0.25, 0.3) is 0 Å². The molecule has 0 aromatic heterocycles. The van der Waals surface area contributed by atoms with Crippen molar-refractivity contribution in [1.82, 2.24) is 4.90 Å². The molecule has 0 amide bonds. The third-order valence-electron chi connectivity index (χ3n) is 3.94. The first kappa shape index (κ1) is 18.3. The molecule has 18 heavy (non-hydrogen) atoms. The molecular weight excluding hydrogens is 242 g/mol. The summed E-state index contributed by atoms with van der Waals surface area (Å²) in [5.74, 6) is 1.57. The van der Waals surface area contributed by atoms with Gasteiger partial charge in [0.2, 0.25) is 0 Å². The summed E-state index contributed by atoms with van der Waals surface area (Å²) in [6.07, 6.45) is 2.42. The molecule has 0 N–H and O–H groups in total. The maximum Gasteiger partial charge on any atom is 0.0589 e. The van der Waals surface area contributed by atoms with Crippen molar-refractivity contribution in [3.63, 3.8) is 0 Å². The summed E-state index contributed by atoms with van der Waals surface area (Å²) in [4.78, 5) is 2.59. The Labute approximate surface area is 120 Å². The van der Waals surface area contributed by atoms with Gasteiger partial charge in [0.1, 0.15) is 0 Å². The van der Waals surface area contributed by atoms with Crippen LogP contribution in [0.3, 0.4) is 0 Å². The molecule has 0 rings (SSSR count). The average Bonchev–Trinajstić information content (AvgIpc) is 2.31. The molecule has 0 aliphatic heterocycles. The van der Waals surface area contributed by atoms with Crippen LogP contribution >= 0.6 is 12.6 Å². The summed E-state index contributed by atoms with van der Waals surface area (Å²) >= 11 is 4.54. The minimum absolute atomic E-state index is 0.319. The standard InChI is InChI=1S/C15H33NOS/c1-7-14(8-2)16(9-10-17-6)11-13(12-18)15(3,4)5/h13-14,18H,7-12H2,1-6H3. The molecule has 0 fully saturated rings. The minimum atomic E-state index is 0.319. The molecule has 3 heteroatoms. The van der Waals surface area contributed by atoms with Crippen molar-refractivity contribution < 1.29 is 4.74 Å². The number of rotatable bonds is 9. The van der Waals surface area contributed by atoms with E-state index >= 15 is 0 Å². The van der Waals surface area contributed by atoms with Gasteiger partial charge in [0, 0.05) is 26.2 Å². The van der Waals surface area contributed by atoms with E-state index in [0.717, 1.165) is 25.4 Å². The van der Waals surface area contributed by atoms with Gasteiger partial charge in [-0.3, -0.25) is 4.90 Å². The van der Waals surface area contributed by atoms with Crippen molar-refractivity contribution in [3.8, 4) is 0 Å². The fourth-order valence-electron chi connectivity index (χ4n) is 2.33. The van der Waals surface area contributed by atoms with Crippen molar-refractivity contribution in [2.75, 3.05) is 32.6 Å². The van der Waals surface area contributed by atoms with Crippen LogP contribution in [0.2, 0.25) is 0 Å². The summed E-state index contributed by atoms with van der Waals surface area (Å²) in [6, 6.07) is 0.671. The third kappa shape index (κ3) is 6.44. The van der Waals surface area contributed by atoms with E-state index in [9.17, 15) is 0 Å². The normalized spacial score (nSPS) is 14.5. The second-order valence-electron chi connectivity index (χ2n) is 6.20. The smallest absolute Gasteiger partial charge is 0.0589 e. The van der Waals surface area contributed by atoms with Crippen LogP contribution in [-0.2, 0) is 4.74 Å². The predicted molar refractivity (Wildman–Crippen MR) is 84.6 cm³/mol. The van der Waals surface area contributed by atoms with Crippen LogP contribution in [0, 0.1) is 11.3 Å². The van der Waals surface area contributed by atoms with Gasteiger partial charge in [0.25, 0.3) is 0 Å². The van der Waals surface area contributed by atoms with Crippen LogP contribution in [0.5, 0.6) is 0 Å². The number of hydrogen-bond donors (Lipinski definition) is 1. The Balaban J connectivity index is 4.64. The average molecular weight is 276 g/mol. The molecule has 0 aromatic rings. The zero-order chi connectivity index (χ0) is 14.2. The molecule has 0 bridgehead atoms. The SMILES string of the molecule is CCC(CC)N(CCOC)CC(CS)C(C)(C)C. The molecule has 1 atom stereocenters. The van der Waals surface area contributed by atoms with Gasteiger partial charge in [-0.25, -0.2) is 0 Å². The molecule has 0 heterocycles. The summed E-state index contributed by atoms with van der Waals surface area (Å²) in [5, 5.41) is 0. The molecule has 0 aliphatic carbocycles. The number of thiol groups is 1. The molecule has 0 radical (unpaired) electrons. The third-order valence-corrected chi connectivity index (χ3v) is 4.38. The van der Waals surface area contributed by atoms with Gasteiger partial charge in [0.05, 0.1) is 6.61 Å². The van der Waals surface area contributed by atoms with Crippen molar-refractivity contribution in [2.45, 2.75) is 53.5 Å². The lowest BCUT2D eigenvalue weighted by molar-refractivity contribution is 0.0830. The highest BCUT2D eigenvalue weighted by Crippen LogP contribution is 2.28. The lowest BCUT2D eigenvalue weighted by Crippen LogP contribution is -2.43. The molecule has 0 saturated carbocycles. The molecule has 1 unspecified atom stereocenters. The maximum absolute atomic E-state index is 5.25. The Morgan fingerprint density at radius 1 is 1.17 bits per heavy atom. The summed E-state index contributed by atoms with van der Waals surface area (Å²) in [6.45, 7) is 14.5. The van der Waals surface area contributed by atoms with Gasteiger partial charge in [-0.1, -0.05) is 34.6 Å². The number of hydrogen-bond acceptors (Lipinski definition) is 3. The minimum Gasteiger partial charge on any atom is -0.383 e. The van der Waals surface area contributed by atoms with E-state index in [-0.39, 0.29) is 0 Å². The van der Waals surface area contributed by atoms with Gasteiger partial charge in [-0.2, -0.15) is 12.6 Å². The fourth-order valence-corrected chi connectivity index (χ4v) is 2.99. The van der Waals surface area contributed by atoms with Gasteiger partial charge in [0.15, 0.2) is 0 Å². The van der Waals surface area contributed by atoms with Crippen LogP contribution in [0.15, 0.2) is 0 Å². The zero-order valence-corrected chi connectivity index (χ0v) is 14.1. The van der Waals surface area contributed by atoms with E-state index in [1.807, 2.05) is 0 Å². The molecule has 110 valence electrons. The molecule has 0 saturated heterocycles. The number of nitrogens with zero attached hydrogens (tertiary/aromatic N) is 1. The molecular formula is C15H33NOS. The maximum atomic E-state index is 5.25. The Bertz CT molecular complexity index is 199. The second-order valence-corrected chi connectivity index (χ2v) is 6.57. The van der Waals surface area contributed by atoms with E-state index in [2.05, 4.69) is 52.1 Å².